The van der Waals surface area contributed by atoms with Gasteiger partial charge in [0, 0.05) is 28.0 Å². The lowest BCUT2D eigenvalue weighted by atomic mass is 9.93. The standard InChI is InChI=1S/C25H26Cl2N2O3S2/c1-17(2)15-28(34(31,32)21-9-7-20(27)8-10-21)16-24(30)29-13-11-23-22(12-14-33-23)25(29)18-3-5-19(26)6-4-18/h3-10,12,14,17,25H,11,13,15-16H2,1-2H3. The maximum atomic E-state index is 13.7. The molecule has 4 rings (SSSR count). The number of benzene rings is 2. The minimum absolute atomic E-state index is 0.0479. The topological polar surface area (TPSA) is 57.7 Å². The number of hydrogen-bond donors (Lipinski definition) is 0. The summed E-state index contributed by atoms with van der Waals surface area (Å²) in [6, 6.07) is 15.3. The molecule has 1 atom stereocenters. The van der Waals surface area contributed by atoms with Gasteiger partial charge in [0.25, 0.3) is 0 Å². The molecule has 5 nitrogen and oxygen atoms in total. The van der Waals surface area contributed by atoms with Crippen molar-refractivity contribution in [1.29, 1.82) is 0 Å². The Bertz CT molecular complexity index is 1260. The van der Waals surface area contributed by atoms with E-state index in [9.17, 15) is 13.2 Å². The van der Waals surface area contributed by atoms with E-state index in [2.05, 4.69) is 6.07 Å². The Balaban J connectivity index is 1.66. The van der Waals surface area contributed by atoms with Gasteiger partial charge in [-0.2, -0.15) is 4.31 Å². The predicted molar refractivity (Wildman–Crippen MR) is 138 cm³/mol. The molecule has 9 heteroatoms. The van der Waals surface area contributed by atoms with Crippen molar-refractivity contribution in [3.63, 3.8) is 0 Å². The summed E-state index contributed by atoms with van der Waals surface area (Å²) in [4.78, 5) is 16.8. The van der Waals surface area contributed by atoms with Gasteiger partial charge in [-0.05, 0) is 71.3 Å². The number of amides is 1. The predicted octanol–water partition coefficient (Wildman–Crippen LogP) is 5.88. The summed E-state index contributed by atoms with van der Waals surface area (Å²) in [5.74, 6) is -0.179. The van der Waals surface area contributed by atoms with Gasteiger partial charge in [-0.25, -0.2) is 8.42 Å². The van der Waals surface area contributed by atoms with Crippen LogP contribution in [-0.4, -0.2) is 43.2 Å². The SMILES string of the molecule is CC(C)CN(CC(=O)N1CCc2sccc2C1c1ccc(Cl)cc1)S(=O)(=O)c1ccc(Cl)cc1. The number of nitrogens with zero attached hydrogens (tertiary/aromatic N) is 2. The van der Waals surface area contributed by atoms with Gasteiger partial charge in [-0.15, -0.1) is 11.3 Å². The van der Waals surface area contributed by atoms with Crippen molar-refractivity contribution >= 4 is 50.5 Å². The maximum Gasteiger partial charge on any atom is 0.243 e. The zero-order chi connectivity index (χ0) is 24.5. The summed E-state index contributed by atoms with van der Waals surface area (Å²) >= 11 is 13.7. The molecule has 1 aromatic heterocycles. The molecule has 0 radical (unpaired) electrons. The first kappa shape index (κ1) is 25.2. The highest BCUT2D eigenvalue weighted by Crippen LogP contribution is 2.38. The maximum absolute atomic E-state index is 13.7. The summed E-state index contributed by atoms with van der Waals surface area (Å²) < 4.78 is 28.2. The molecule has 1 unspecified atom stereocenters. The number of thiophene rings is 1. The Morgan fingerprint density at radius 3 is 2.29 bits per heavy atom. The fourth-order valence-electron chi connectivity index (χ4n) is 4.24. The lowest BCUT2D eigenvalue weighted by Crippen LogP contribution is -2.47. The molecule has 1 aliphatic heterocycles. The number of halogens is 2. The lowest BCUT2D eigenvalue weighted by Gasteiger charge is -2.37. The van der Waals surface area contributed by atoms with Gasteiger partial charge >= 0.3 is 0 Å². The molecule has 0 N–H and O–H groups in total. The minimum atomic E-state index is -3.87. The van der Waals surface area contributed by atoms with Crippen LogP contribution in [0.3, 0.4) is 0 Å². The summed E-state index contributed by atoms with van der Waals surface area (Å²) in [6.07, 6.45) is 0.747. The molecule has 34 heavy (non-hydrogen) atoms. The van der Waals surface area contributed by atoms with Crippen LogP contribution in [0.5, 0.6) is 0 Å². The Labute approximate surface area is 215 Å². The van der Waals surface area contributed by atoms with E-state index in [-0.39, 0.29) is 35.9 Å². The van der Waals surface area contributed by atoms with Crippen LogP contribution in [0.15, 0.2) is 64.9 Å². The second kappa shape index (κ2) is 10.4. The molecule has 2 heterocycles. The van der Waals surface area contributed by atoms with E-state index < -0.39 is 10.0 Å². The quantitative estimate of drug-likeness (QED) is 0.379. The number of hydrogen-bond acceptors (Lipinski definition) is 4. The van der Waals surface area contributed by atoms with Crippen LogP contribution in [0.1, 0.15) is 35.9 Å². The number of fused-ring (bicyclic) bond motifs is 1. The molecule has 0 spiro atoms. The molecule has 0 saturated heterocycles. The van der Waals surface area contributed by atoms with Crippen LogP contribution in [0, 0.1) is 5.92 Å². The first-order valence-electron chi connectivity index (χ1n) is 11.0. The van der Waals surface area contributed by atoms with E-state index in [0.717, 1.165) is 17.5 Å². The third-order valence-electron chi connectivity index (χ3n) is 5.80. The first-order chi connectivity index (χ1) is 16.2. The Morgan fingerprint density at radius 1 is 1.06 bits per heavy atom. The van der Waals surface area contributed by atoms with E-state index >= 15 is 0 Å². The third kappa shape index (κ3) is 5.34. The zero-order valence-corrected chi connectivity index (χ0v) is 22.1. The molecule has 0 aliphatic carbocycles. The van der Waals surface area contributed by atoms with Gasteiger partial charge in [-0.3, -0.25) is 4.79 Å². The van der Waals surface area contributed by atoms with Gasteiger partial charge in [0.2, 0.25) is 15.9 Å². The summed E-state index contributed by atoms with van der Waals surface area (Å²) in [7, 11) is -3.87. The average molecular weight is 538 g/mol. The number of sulfonamides is 1. The molecule has 1 amide bonds. The minimum Gasteiger partial charge on any atom is -0.330 e. The molecular formula is C25H26Cl2N2O3S2. The van der Waals surface area contributed by atoms with Crippen LogP contribution in [0.2, 0.25) is 10.0 Å². The van der Waals surface area contributed by atoms with Gasteiger partial charge < -0.3 is 4.90 Å². The fourth-order valence-corrected chi connectivity index (χ4v) is 6.95. The van der Waals surface area contributed by atoms with Crippen LogP contribution in [0.4, 0.5) is 0 Å². The summed E-state index contributed by atoms with van der Waals surface area (Å²) in [6.45, 7) is 4.40. The van der Waals surface area contributed by atoms with Crippen molar-refractivity contribution in [3.8, 4) is 0 Å². The van der Waals surface area contributed by atoms with Crippen molar-refractivity contribution in [2.75, 3.05) is 19.6 Å². The number of rotatable bonds is 7. The van der Waals surface area contributed by atoms with Crippen LogP contribution in [-0.2, 0) is 21.2 Å². The lowest BCUT2D eigenvalue weighted by molar-refractivity contribution is -0.133. The molecule has 0 fully saturated rings. The van der Waals surface area contributed by atoms with Crippen LogP contribution >= 0.6 is 34.5 Å². The van der Waals surface area contributed by atoms with Gasteiger partial charge in [0.15, 0.2) is 0 Å². The molecule has 0 saturated carbocycles. The second-order valence-corrected chi connectivity index (χ2v) is 12.5. The Hall–Kier alpha value is -1.90. The molecule has 180 valence electrons. The summed E-state index contributed by atoms with van der Waals surface area (Å²) in [5.41, 5.74) is 2.04. The Morgan fingerprint density at radius 2 is 1.68 bits per heavy atom. The van der Waals surface area contributed by atoms with Crippen molar-refractivity contribution < 1.29 is 13.2 Å². The van der Waals surface area contributed by atoms with E-state index in [1.165, 1.54) is 21.3 Å². The van der Waals surface area contributed by atoms with Crippen LogP contribution in [0.25, 0.3) is 0 Å². The second-order valence-electron chi connectivity index (χ2n) is 8.74. The van der Waals surface area contributed by atoms with Crippen molar-refractivity contribution in [1.82, 2.24) is 9.21 Å². The molecule has 0 bridgehead atoms. The van der Waals surface area contributed by atoms with Crippen molar-refractivity contribution in [2.24, 2.45) is 5.92 Å². The first-order valence-corrected chi connectivity index (χ1v) is 14.1. The zero-order valence-electron chi connectivity index (χ0n) is 18.9. The molecule has 1 aliphatic rings. The smallest absolute Gasteiger partial charge is 0.243 e. The van der Waals surface area contributed by atoms with Gasteiger partial charge in [-0.1, -0.05) is 49.2 Å². The average Bonchev–Trinajstić information content (AvgIpc) is 3.27. The molecular weight excluding hydrogens is 511 g/mol. The normalized spacial score (nSPS) is 16.2. The highest BCUT2D eigenvalue weighted by Gasteiger charge is 2.35. The van der Waals surface area contributed by atoms with Gasteiger partial charge in [0.05, 0.1) is 17.5 Å². The van der Waals surface area contributed by atoms with E-state index in [4.69, 9.17) is 23.2 Å². The summed E-state index contributed by atoms with van der Waals surface area (Å²) in [5, 5.41) is 3.12. The number of carbonyl (C=O) groups is 1. The van der Waals surface area contributed by atoms with Crippen molar-refractivity contribution in [2.45, 2.75) is 31.2 Å². The highest BCUT2D eigenvalue weighted by atomic mass is 35.5. The third-order valence-corrected chi connectivity index (χ3v) is 9.13. The van der Waals surface area contributed by atoms with E-state index in [1.54, 1.807) is 28.4 Å². The fraction of sp³-hybridized carbons (Fsp3) is 0.320. The molecule has 2 aromatic carbocycles. The van der Waals surface area contributed by atoms with Gasteiger partial charge in [0.1, 0.15) is 0 Å². The highest BCUT2D eigenvalue weighted by molar-refractivity contribution is 7.89. The van der Waals surface area contributed by atoms with E-state index in [0.29, 0.717) is 16.6 Å². The van der Waals surface area contributed by atoms with Crippen molar-refractivity contribution in [3.05, 3.63) is 86.0 Å². The van der Waals surface area contributed by atoms with E-state index in [1.807, 2.05) is 43.5 Å². The largest absolute Gasteiger partial charge is 0.330 e. The Kier molecular flexibility index (Phi) is 7.69. The molecule has 3 aromatic rings. The monoisotopic (exact) mass is 536 g/mol. The number of carbonyl (C=O) groups excluding carboxylic acids is 1. The van der Waals surface area contributed by atoms with Crippen LogP contribution < -0.4 is 0 Å².